The summed E-state index contributed by atoms with van der Waals surface area (Å²) >= 11 is 0. The zero-order valence-corrected chi connectivity index (χ0v) is 14.8. The summed E-state index contributed by atoms with van der Waals surface area (Å²) in [5, 5.41) is 9.53. The van der Waals surface area contributed by atoms with Gasteiger partial charge in [-0.3, -0.25) is 14.4 Å². The first kappa shape index (κ1) is 17.4. The molecule has 1 aromatic heterocycles. The molecular weight excluding hydrogens is 324 g/mol. The van der Waals surface area contributed by atoms with Crippen molar-refractivity contribution in [3.8, 4) is 0 Å². The van der Waals surface area contributed by atoms with Crippen LogP contribution in [0.15, 0.2) is 10.9 Å². The molecule has 0 radical (unpaired) electrons. The summed E-state index contributed by atoms with van der Waals surface area (Å²) in [4.78, 5) is 46.5. The molecule has 1 amide bonds. The van der Waals surface area contributed by atoms with Gasteiger partial charge in [0.05, 0.1) is 11.5 Å². The van der Waals surface area contributed by atoms with Gasteiger partial charge in [0.2, 0.25) is 5.91 Å². The van der Waals surface area contributed by atoms with Crippen molar-refractivity contribution in [2.45, 2.75) is 44.6 Å². The van der Waals surface area contributed by atoms with Crippen LogP contribution in [0.3, 0.4) is 0 Å². The molecule has 0 aliphatic carbocycles. The molecule has 3 rings (SSSR count). The van der Waals surface area contributed by atoms with Gasteiger partial charge in [0.25, 0.3) is 5.56 Å². The Morgan fingerprint density at radius 1 is 1.36 bits per heavy atom. The fourth-order valence-corrected chi connectivity index (χ4v) is 4.01. The summed E-state index contributed by atoms with van der Waals surface area (Å²) in [5.74, 6) is -0.343. The van der Waals surface area contributed by atoms with Crippen molar-refractivity contribution < 1.29 is 14.7 Å². The number of carboxylic acid groups (broad SMARTS) is 1. The first-order chi connectivity index (χ1) is 11.7. The van der Waals surface area contributed by atoms with E-state index in [9.17, 15) is 19.5 Å². The Kier molecular flexibility index (Phi) is 4.30. The number of carbonyl (C=O) groups excluding carboxylic acids is 1. The van der Waals surface area contributed by atoms with Crippen LogP contribution in [0, 0.1) is 5.92 Å². The number of hydrogen-bond donors (Lipinski definition) is 2. The van der Waals surface area contributed by atoms with Crippen LogP contribution in [0.5, 0.6) is 0 Å². The largest absolute Gasteiger partial charge is 0.481 e. The second kappa shape index (κ2) is 6.16. The third-order valence-electron chi connectivity index (χ3n) is 5.61. The number of piperidine rings is 1. The first-order valence-electron chi connectivity index (χ1n) is 8.60. The summed E-state index contributed by atoms with van der Waals surface area (Å²) in [6.07, 6.45) is 1.17. The molecule has 2 aliphatic heterocycles. The van der Waals surface area contributed by atoms with Crippen molar-refractivity contribution in [3.63, 3.8) is 0 Å². The lowest BCUT2D eigenvalue weighted by Gasteiger charge is -2.45. The van der Waals surface area contributed by atoms with Gasteiger partial charge in [0.15, 0.2) is 0 Å². The topological polar surface area (TPSA) is 107 Å². The van der Waals surface area contributed by atoms with Gasteiger partial charge in [0, 0.05) is 38.5 Å². The number of carbonyl (C=O) groups is 2. The molecule has 1 aromatic rings. The number of aromatic nitrogens is 2. The summed E-state index contributed by atoms with van der Waals surface area (Å²) in [6.45, 7) is 5.05. The van der Waals surface area contributed by atoms with Crippen LogP contribution in [-0.4, -0.2) is 57.5 Å². The Morgan fingerprint density at radius 3 is 2.56 bits per heavy atom. The molecule has 8 nitrogen and oxygen atoms in total. The Hall–Kier alpha value is -2.38. The molecule has 136 valence electrons. The van der Waals surface area contributed by atoms with Crippen LogP contribution in [0.4, 0.5) is 5.82 Å². The van der Waals surface area contributed by atoms with Crippen molar-refractivity contribution in [2.75, 3.05) is 25.0 Å². The summed E-state index contributed by atoms with van der Waals surface area (Å²) < 4.78 is 0. The molecule has 0 unspecified atom stereocenters. The van der Waals surface area contributed by atoms with Gasteiger partial charge in [-0.15, -0.1) is 0 Å². The van der Waals surface area contributed by atoms with Crippen molar-refractivity contribution in [3.05, 3.63) is 22.2 Å². The number of aromatic amines is 1. The van der Waals surface area contributed by atoms with E-state index in [0.717, 1.165) is 0 Å². The molecule has 1 spiro atoms. The molecule has 8 heteroatoms. The highest BCUT2D eigenvalue weighted by Crippen LogP contribution is 2.43. The average molecular weight is 348 g/mol. The molecule has 0 saturated carbocycles. The van der Waals surface area contributed by atoms with E-state index >= 15 is 0 Å². The fraction of sp³-hybridized carbons (Fsp3) is 0.647. The molecule has 2 aliphatic rings. The predicted molar refractivity (Wildman–Crippen MR) is 91.6 cm³/mol. The maximum absolute atomic E-state index is 12.1. The van der Waals surface area contributed by atoms with Gasteiger partial charge in [-0.1, -0.05) is 13.8 Å². The number of hydrogen-bond acceptors (Lipinski definition) is 5. The van der Waals surface area contributed by atoms with Crippen LogP contribution < -0.4 is 10.5 Å². The van der Waals surface area contributed by atoms with Crippen LogP contribution >= 0.6 is 0 Å². The van der Waals surface area contributed by atoms with E-state index in [1.54, 1.807) is 11.9 Å². The van der Waals surface area contributed by atoms with Gasteiger partial charge in [-0.05, 0) is 12.8 Å². The molecule has 2 fully saturated rings. The van der Waals surface area contributed by atoms with Crippen LogP contribution in [0.25, 0.3) is 0 Å². The van der Waals surface area contributed by atoms with E-state index in [0.29, 0.717) is 37.6 Å². The highest BCUT2D eigenvalue weighted by Gasteiger charge is 2.55. The molecular formula is C17H24N4O4. The minimum Gasteiger partial charge on any atom is -0.481 e. The number of amides is 1. The van der Waals surface area contributed by atoms with Gasteiger partial charge >= 0.3 is 5.97 Å². The smallest absolute Gasteiger partial charge is 0.309 e. The van der Waals surface area contributed by atoms with E-state index in [1.807, 2.05) is 18.7 Å². The SMILES string of the molecule is CC(C)c1nc(N2CCC3(CC2)[C@@H](C(=O)O)CC(=O)N3C)cc(=O)[nH]1. The maximum atomic E-state index is 12.1. The Morgan fingerprint density at radius 2 is 2.00 bits per heavy atom. The number of rotatable bonds is 3. The number of carboxylic acids is 1. The lowest BCUT2D eigenvalue weighted by molar-refractivity contribution is -0.145. The number of anilines is 1. The Balaban J connectivity index is 1.83. The Labute approximate surface area is 145 Å². The third-order valence-corrected chi connectivity index (χ3v) is 5.61. The highest BCUT2D eigenvalue weighted by atomic mass is 16.4. The van der Waals surface area contributed by atoms with E-state index in [4.69, 9.17) is 0 Å². The predicted octanol–water partition coefficient (Wildman–Crippen LogP) is 0.795. The fourth-order valence-electron chi connectivity index (χ4n) is 4.01. The van der Waals surface area contributed by atoms with Crippen molar-refractivity contribution >= 4 is 17.7 Å². The van der Waals surface area contributed by atoms with Crippen molar-refractivity contribution in [2.24, 2.45) is 5.92 Å². The van der Waals surface area contributed by atoms with Crippen molar-refractivity contribution in [1.82, 2.24) is 14.9 Å². The van der Waals surface area contributed by atoms with Gasteiger partial charge in [-0.2, -0.15) is 0 Å². The van der Waals surface area contributed by atoms with E-state index < -0.39 is 17.4 Å². The molecule has 3 heterocycles. The number of likely N-dealkylation sites (tertiary alicyclic amines) is 1. The van der Waals surface area contributed by atoms with Crippen LogP contribution in [0.2, 0.25) is 0 Å². The van der Waals surface area contributed by atoms with Crippen molar-refractivity contribution in [1.29, 1.82) is 0 Å². The second-order valence-corrected chi connectivity index (χ2v) is 7.28. The van der Waals surface area contributed by atoms with Gasteiger partial charge in [0.1, 0.15) is 11.6 Å². The normalized spacial score (nSPS) is 22.9. The molecule has 0 bridgehead atoms. The van der Waals surface area contributed by atoms with E-state index in [1.165, 1.54) is 6.07 Å². The number of H-pyrrole nitrogens is 1. The minimum absolute atomic E-state index is 0.0621. The summed E-state index contributed by atoms with van der Waals surface area (Å²) in [6, 6.07) is 1.47. The molecule has 2 saturated heterocycles. The number of nitrogens with one attached hydrogen (secondary N) is 1. The number of aliphatic carboxylic acids is 1. The van der Waals surface area contributed by atoms with Gasteiger partial charge < -0.3 is 19.9 Å². The number of nitrogens with zero attached hydrogens (tertiary/aromatic N) is 3. The maximum Gasteiger partial charge on any atom is 0.309 e. The zero-order valence-electron chi connectivity index (χ0n) is 14.8. The zero-order chi connectivity index (χ0) is 18.4. The molecule has 2 N–H and O–H groups in total. The first-order valence-corrected chi connectivity index (χ1v) is 8.60. The van der Waals surface area contributed by atoms with E-state index in [2.05, 4.69) is 9.97 Å². The summed E-state index contributed by atoms with van der Waals surface area (Å²) in [7, 11) is 1.70. The lowest BCUT2D eigenvalue weighted by atomic mass is 9.77. The second-order valence-electron chi connectivity index (χ2n) is 7.28. The minimum atomic E-state index is -0.914. The quantitative estimate of drug-likeness (QED) is 0.837. The van der Waals surface area contributed by atoms with E-state index in [-0.39, 0.29) is 23.8 Å². The Bertz CT molecular complexity index is 749. The molecule has 0 aromatic carbocycles. The summed E-state index contributed by atoms with van der Waals surface area (Å²) in [5.41, 5.74) is -0.827. The van der Waals surface area contributed by atoms with Gasteiger partial charge in [-0.25, -0.2) is 4.98 Å². The molecule has 25 heavy (non-hydrogen) atoms. The standard InChI is InChI=1S/C17H24N4O4/c1-10(2)15-18-12(9-13(22)19-15)21-6-4-17(5-7-21)11(16(24)25)8-14(23)20(17)3/h9-11H,4-8H2,1-3H3,(H,24,25)(H,18,19,22)/t11-/m1/s1. The van der Waals surface area contributed by atoms with Crippen LogP contribution in [-0.2, 0) is 9.59 Å². The highest BCUT2D eigenvalue weighted by molar-refractivity contribution is 5.88. The lowest BCUT2D eigenvalue weighted by Crippen LogP contribution is -2.56. The third kappa shape index (κ3) is 2.89. The average Bonchev–Trinajstić information content (AvgIpc) is 2.80. The monoisotopic (exact) mass is 348 g/mol. The molecule has 1 atom stereocenters. The van der Waals surface area contributed by atoms with Crippen LogP contribution in [0.1, 0.15) is 44.9 Å².